The molecule has 4 heteroatoms. The Kier molecular flexibility index (Phi) is 6.34. The summed E-state index contributed by atoms with van der Waals surface area (Å²) < 4.78 is 5.44. The highest BCUT2D eigenvalue weighted by atomic mass is 35.5. The molecule has 0 spiro atoms. The topological polar surface area (TPSA) is 24.5 Å². The van der Waals surface area contributed by atoms with Gasteiger partial charge in [-0.3, -0.25) is 0 Å². The zero-order valence-corrected chi connectivity index (χ0v) is 14.1. The van der Waals surface area contributed by atoms with Crippen LogP contribution in [0.4, 0.5) is 5.69 Å². The number of rotatable bonds is 6. The molecule has 1 heterocycles. The van der Waals surface area contributed by atoms with Crippen molar-refractivity contribution in [3.8, 4) is 0 Å². The lowest BCUT2D eigenvalue weighted by Gasteiger charge is -2.30. The Hall–Kier alpha value is -0.770. The van der Waals surface area contributed by atoms with Gasteiger partial charge in [0.05, 0.1) is 10.7 Å². The highest BCUT2D eigenvalue weighted by Crippen LogP contribution is 2.30. The van der Waals surface area contributed by atoms with Crippen LogP contribution in [0.15, 0.2) is 18.2 Å². The Morgan fingerprint density at radius 2 is 2.05 bits per heavy atom. The minimum atomic E-state index is 0.470. The van der Waals surface area contributed by atoms with Gasteiger partial charge < -0.3 is 15.0 Å². The average molecular weight is 311 g/mol. The smallest absolute Gasteiger partial charge is 0.0642 e. The van der Waals surface area contributed by atoms with E-state index in [9.17, 15) is 0 Å². The van der Waals surface area contributed by atoms with Crippen LogP contribution in [0.1, 0.15) is 32.3 Å². The Morgan fingerprint density at radius 1 is 1.33 bits per heavy atom. The van der Waals surface area contributed by atoms with Crippen molar-refractivity contribution in [3.63, 3.8) is 0 Å². The number of nitrogens with one attached hydrogen (secondary N) is 1. The molecule has 118 valence electrons. The summed E-state index contributed by atoms with van der Waals surface area (Å²) in [5, 5.41) is 4.32. The first-order chi connectivity index (χ1) is 10.1. The summed E-state index contributed by atoms with van der Waals surface area (Å²) in [7, 11) is 2.15. The van der Waals surface area contributed by atoms with Gasteiger partial charge in [0.1, 0.15) is 0 Å². The normalized spacial score (nSPS) is 16.4. The lowest BCUT2D eigenvalue weighted by molar-refractivity contribution is 0.0685. The number of hydrogen-bond donors (Lipinski definition) is 1. The molecule has 1 aliphatic heterocycles. The summed E-state index contributed by atoms with van der Waals surface area (Å²) in [6, 6.07) is 6.65. The van der Waals surface area contributed by atoms with Crippen molar-refractivity contribution in [1.82, 2.24) is 5.32 Å². The van der Waals surface area contributed by atoms with E-state index in [0.29, 0.717) is 12.0 Å². The highest BCUT2D eigenvalue weighted by Gasteiger charge is 2.19. The first-order valence-corrected chi connectivity index (χ1v) is 8.25. The standard InChI is InChI=1S/C17H27ClN2O/c1-13(2)19-11-15-5-4-6-16(18)17(15)20(3)12-14-7-9-21-10-8-14/h4-6,13-14,19H,7-12H2,1-3H3. The second kappa shape index (κ2) is 8.02. The molecule has 0 unspecified atom stereocenters. The van der Waals surface area contributed by atoms with Crippen LogP contribution in [0, 0.1) is 5.92 Å². The molecule has 0 amide bonds. The van der Waals surface area contributed by atoms with Crippen LogP contribution in [-0.4, -0.2) is 32.8 Å². The Morgan fingerprint density at radius 3 is 2.71 bits per heavy atom. The summed E-state index contributed by atoms with van der Waals surface area (Å²) in [5.74, 6) is 0.700. The van der Waals surface area contributed by atoms with E-state index in [0.717, 1.165) is 44.2 Å². The Bertz CT molecular complexity index is 444. The van der Waals surface area contributed by atoms with Crippen LogP contribution < -0.4 is 10.2 Å². The minimum Gasteiger partial charge on any atom is -0.381 e. The second-order valence-electron chi connectivity index (χ2n) is 6.22. The largest absolute Gasteiger partial charge is 0.381 e. The predicted molar refractivity (Wildman–Crippen MR) is 90.2 cm³/mol. The van der Waals surface area contributed by atoms with Crippen molar-refractivity contribution in [2.24, 2.45) is 5.92 Å². The molecule has 2 rings (SSSR count). The molecule has 1 aromatic carbocycles. The summed E-state index contributed by atoms with van der Waals surface area (Å²) in [4.78, 5) is 2.32. The van der Waals surface area contributed by atoms with Crippen LogP contribution in [-0.2, 0) is 11.3 Å². The van der Waals surface area contributed by atoms with Crippen molar-refractivity contribution >= 4 is 17.3 Å². The van der Waals surface area contributed by atoms with Gasteiger partial charge in [-0.05, 0) is 30.4 Å². The van der Waals surface area contributed by atoms with Crippen LogP contribution in [0.3, 0.4) is 0 Å². The maximum atomic E-state index is 6.46. The van der Waals surface area contributed by atoms with Crippen LogP contribution in [0.5, 0.6) is 0 Å². The maximum Gasteiger partial charge on any atom is 0.0642 e. The lowest BCUT2D eigenvalue weighted by Crippen LogP contribution is -2.31. The van der Waals surface area contributed by atoms with Gasteiger partial charge >= 0.3 is 0 Å². The highest BCUT2D eigenvalue weighted by molar-refractivity contribution is 6.33. The molecule has 21 heavy (non-hydrogen) atoms. The molecule has 1 aliphatic rings. The van der Waals surface area contributed by atoms with Crippen LogP contribution in [0.2, 0.25) is 5.02 Å². The Balaban J connectivity index is 2.08. The fraction of sp³-hybridized carbons (Fsp3) is 0.647. The van der Waals surface area contributed by atoms with E-state index in [-0.39, 0.29) is 0 Å². The SMILES string of the molecule is CC(C)NCc1cccc(Cl)c1N(C)CC1CCOCC1. The van der Waals surface area contributed by atoms with Gasteiger partial charge in [-0.15, -0.1) is 0 Å². The number of ether oxygens (including phenoxy) is 1. The van der Waals surface area contributed by atoms with Gasteiger partial charge in [0.15, 0.2) is 0 Å². The molecule has 1 N–H and O–H groups in total. The molecule has 0 bridgehead atoms. The van der Waals surface area contributed by atoms with Crippen molar-refractivity contribution in [2.45, 2.75) is 39.3 Å². The molecule has 0 radical (unpaired) electrons. The molecule has 0 aliphatic carbocycles. The second-order valence-corrected chi connectivity index (χ2v) is 6.63. The van der Waals surface area contributed by atoms with Gasteiger partial charge in [-0.25, -0.2) is 0 Å². The lowest BCUT2D eigenvalue weighted by atomic mass is 9.99. The van der Waals surface area contributed by atoms with Crippen LogP contribution >= 0.6 is 11.6 Å². The molecule has 1 saturated heterocycles. The molecule has 3 nitrogen and oxygen atoms in total. The van der Waals surface area contributed by atoms with Crippen molar-refractivity contribution < 1.29 is 4.74 Å². The van der Waals surface area contributed by atoms with Crippen molar-refractivity contribution in [1.29, 1.82) is 0 Å². The first-order valence-electron chi connectivity index (χ1n) is 7.87. The number of nitrogens with zero attached hydrogens (tertiary/aromatic N) is 1. The third kappa shape index (κ3) is 4.87. The molecule has 1 aromatic rings. The van der Waals surface area contributed by atoms with E-state index in [1.165, 1.54) is 11.3 Å². The van der Waals surface area contributed by atoms with E-state index in [1.807, 2.05) is 12.1 Å². The fourth-order valence-corrected chi connectivity index (χ4v) is 3.19. The number of para-hydroxylation sites is 1. The molecular weight excluding hydrogens is 284 g/mol. The van der Waals surface area contributed by atoms with Gasteiger partial charge in [0.25, 0.3) is 0 Å². The zero-order chi connectivity index (χ0) is 15.2. The number of anilines is 1. The predicted octanol–water partition coefficient (Wildman–Crippen LogP) is 3.70. The summed E-state index contributed by atoms with van der Waals surface area (Å²) >= 11 is 6.46. The first kappa shape index (κ1) is 16.6. The quantitative estimate of drug-likeness (QED) is 0.867. The van der Waals surface area contributed by atoms with E-state index >= 15 is 0 Å². The van der Waals surface area contributed by atoms with E-state index in [2.05, 4.69) is 37.2 Å². The van der Waals surface area contributed by atoms with Crippen molar-refractivity contribution in [2.75, 3.05) is 31.7 Å². The molecular formula is C17H27ClN2O. The van der Waals surface area contributed by atoms with E-state index in [4.69, 9.17) is 16.3 Å². The van der Waals surface area contributed by atoms with E-state index in [1.54, 1.807) is 0 Å². The third-order valence-corrected chi connectivity index (χ3v) is 4.33. The summed E-state index contributed by atoms with van der Waals surface area (Å²) in [6.07, 6.45) is 2.29. The molecule has 1 fully saturated rings. The molecule has 0 atom stereocenters. The van der Waals surface area contributed by atoms with E-state index < -0.39 is 0 Å². The molecule has 0 saturated carbocycles. The van der Waals surface area contributed by atoms with Gasteiger partial charge in [-0.1, -0.05) is 37.6 Å². The maximum absolute atomic E-state index is 6.46. The monoisotopic (exact) mass is 310 g/mol. The third-order valence-electron chi connectivity index (χ3n) is 4.03. The van der Waals surface area contributed by atoms with Crippen molar-refractivity contribution in [3.05, 3.63) is 28.8 Å². The van der Waals surface area contributed by atoms with Gasteiger partial charge in [0, 0.05) is 39.4 Å². The fourth-order valence-electron chi connectivity index (χ4n) is 2.85. The number of hydrogen-bond acceptors (Lipinski definition) is 3. The average Bonchev–Trinajstić information content (AvgIpc) is 2.46. The minimum absolute atomic E-state index is 0.470. The van der Waals surface area contributed by atoms with Crippen LogP contribution in [0.25, 0.3) is 0 Å². The number of halogens is 1. The Labute approximate surface area is 133 Å². The zero-order valence-electron chi connectivity index (χ0n) is 13.4. The summed E-state index contributed by atoms with van der Waals surface area (Å²) in [6.45, 7) is 8.00. The summed E-state index contributed by atoms with van der Waals surface area (Å²) in [5.41, 5.74) is 2.43. The molecule has 0 aromatic heterocycles. The number of benzene rings is 1. The van der Waals surface area contributed by atoms with Gasteiger partial charge in [-0.2, -0.15) is 0 Å². The van der Waals surface area contributed by atoms with Gasteiger partial charge in [0.2, 0.25) is 0 Å².